The van der Waals surface area contributed by atoms with E-state index >= 15 is 0 Å². The topological polar surface area (TPSA) is 106 Å². The van der Waals surface area contributed by atoms with Crippen molar-refractivity contribution in [3.63, 3.8) is 0 Å². The molecule has 0 spiro atoms. The number of methoxy groups -OCH3 is 1. The minimum Gasteiger partial charge on any atom is -0.384 e. The molecule has 0 unspecified atom stereocenters. The number of likely N-dealkylation sites (tertiary alicyclic amines) is 1. The Morgan fingerprint density at radius 3 is 2.87 bits per heavy atom. The van der Waals surface area contributed by atoms with Crippen molar-refractivity contribution in [3.05, 3.63) is 41.8 Å². The number of fused-ring (bicyclic) bond motifs is 1. The maximum Gasteiger partial charge on any atom is 0.252 e. The molecule has 0 radical (unpaired) electrons. The number of H-pyrrole nitrogens is 1. The van der Waals surface area contributed by atoms with Crippen LogP contribution in [0.15, 0.2) is 28.8 Å². The molecule has 30 heavy (non-hydrogen) atoms. The van der Waals surface area contributed by atoms with E-state index in [1.807, 2.05) is 29.2 Å². The van der Waals surface area contributed by atoms with Crippen LogP contribution in [0.4, 0.5) is 0 Å². The fraction of sp³-hybridized carbons (Fsp3) is 0.524. The van der Waals surface area contributed by atoms with Crippen LogP contribution in [0.25, 0.3) is 11.0 Å². The zero-order chi connectivity index (χ0) is 20.8. The number of ether oxygens (including phenoxy) is 2. The molecule has 3 heterocycles. The second-order valence-electron chi connectivity index (χ2n) is 7.44. The van der Waals surface area contributed by atoms with Gasteiger partial charge in [0.2, 0.25) is 5.91 Å². The molecule has 4 rings (SSSR count). The molecule has 3 aromatic rings. The van der Waals surface area contributed by atoms with Gasteiger partial charge in [-0.2, -0.15) is 4.98 Å². The number of aromatic amines is 1. The molecule has 9 heteroatoms. The summed E-state index contributed by atoms with van der Waals surface area (Å²) in [7, 11) is 1.64. The molecule has 0 atom stereocenters. The largest absolute Gasteiger partial charge is 0.384 e. The van der Waals surface area contributed by atoms with Crippen molar-refractivity contribution >= 4 is 16.9 Å². The third-order valence-electron chi connectivity index (χ3n) is 5.29. The van der Waals surface area contributed by atoms with Gasteiger partial charge < -0.3 is 23.9 Å². The van der Waals surface area contributed by atoms with Gasteiger partial charge in [-0.25, -0.2) is 4.98 Å². The molecular formula is C21H27N5O4. The van der Waals surface area contributed by atoms with Gasteiger partial charge in [0.1, 0.15) is 12.4 Å². The van der Waals surface area contributed by atoms with Crippen molar-refractivity contribution in [2.45, 2.75) is 44.8 Å². The van der Waals surface area contributed by atoms with Crippen molar-refractivity contribution in [1.82, 2.24) is 25.0 Å². The summed E-state index contributed by atoms with van der Waals surface area (Å²) in [5.74, 6) is 2.12. The van der Waals surface area contributed by atoms with E-state index in [1.165, 1.54) is 0 Å². The smallest absolute Gasteiger partial charge is 0.252 e. The van der Waals surface area contributed by atoms with Gasteiger partial charge >= 0.3 is 0 Å². The molecule has 0 bridgehead atoms. The lowest BCUT2D eigenvalue weighted by atomic mass is 10.1. The van der Waals surface area contributed by atoms with E-state index in [-0.39, 0.29) is 12.0 Å². The molecule has 1 aliphatic heterocycles. The van der Waals surface area contributed by atoms with Crippen molar-refractivity contribution in [2.24, 2.45) is 0 Å². The summed E-state index contributed by atoms with van der Waals surface area (Å²) in [4.78, 5) is 26.6. The SMILES string of the molecule is COCCc1noc(COC2CCN(C(=O)CCc3nc4ccccc4[nH]3)CC2)n1. The van der Waals surface area contributed by atoms with Gasteiger partial charge in [0.15, 0.2) is 5.82 Å². The number of para-hydroxylation sites is 2. The third kappa shape index (κ3) is 5.22. The number of carbonyl (C=O) groups excluding carboxylic acids is 1. The number of amides is 1. The lowest BCUT2D eigenvalue weighted by Crippen LogP contribution is -2.41. The Labute approximate surface area is 174 Å². The van der Waals surface area contributed by atoms with Crippen LogP contribution in [0, 0.1) is 0 Å². The van der Waals surface area contributed by atoms with Crippen LogP contribution in [0.2, 0.25) is 0 Å². The van der Waals surface area contributed by atoms with E-state index in [2.05, 4.69) is 20.1 Å². The number of aryl methyl sites for hydroxylation is 1. The monoisotopic (exact) mass is 413 g/mol. The summed E-state index contributed by atoms with van der Waals surface area (Å²) in [6, 6.07) is 7.90. The fourth-order valence-electron chi connectivity index (χ4n) is 3.61. The molecule has 1 saturated heterocycles. The molecule has 1 aliphatic rings. The first-order valence-electron chi connectivity index (χ1n) is 10.3. The third-order valence-corrected chi connectivity index (χ3v) is 5.29. The van der Waals surface area contributed by atoms with E-state index in [4.69, 9.17) is 14.0 Å². The number of hydrogen-bond donors (Lipinski definition) is 1. The lowest BCUT2D eigenvalue weighted by molar-refractivity contribution is -0.134. The van der Waals surface area contributed by atoms with Crippen molar-refractivity contribution in [3.8, 4) is 0 Å². The average Bonchev–Trinajstić information content (AvgIpc) is 3.41. The minimum absolute atomic E-state index is 0.0961. The standard InChI is InChI=1S/C21H27N5O4/c1-28-13-10-19-24-20(30-25-19)14-29-15-8-11-26(12-9-15)21(27)7-6-18-22-16-4-2-3-5-17(16)23-18/h2-5,15H,6-14H2,1H3,(H,22,23). The summed E-state index contributed by atoms with van der Waals surface area (Å²) in [6.45, 7) is 2.26. The summed E-state index contributed by atoms with van der Waals surface area (Å²) >= 11 is 0. The molecule has 160 valence electrons. The van der Waals surface area contributed by atoms with Crippen LogP contribution in [-0.2, 0) is 33.7 Å². The first-order valence-corrected chi connectivity index (χ1v) is 10.3. The Kier molecular flexibility index (Phi) is 6.70. The predicted molar refractivity (Wildman–Crippen MR) is 109 cm³/mol. The molecule has 1 aromatic carbocycles. The lowest BCUT2D eigenvalue weighted by Gasteiger charge is -2.31. The maximum atomic E-state index is 12.6. The van der Waals surface area contributed by atoms with Gasteiger partial charge in [-0.3, -0.25) is 4.79 Å². The molecule has 1 fully saturated rings. The number of aromatic nitrogens is 4. The molecule has 0 aliphatic carbocycles. The number of nitrogens with zero attached hydrogens (tertiary/aromatic N) is 4. The minimum atomic E-state index is 0.0961. The summed E-state index contributed by atoms with van der Waals surface area (Å²) in [6.07, 6.45) is 3.40. The Morgan fingerprint density at radius 1 is 1.23 bits per heavy atom. The fourth-order valence-corrected chi connectivity index (χ4v) is 3.61. The number of nitrogens with one attached hydrogen (secondary N) is 1. The van der Waals surface area contributed by atoms with E-state index < -0.39 is 0 Å². The molecule has 0 saturated carbocycles. The van der Waals surface area contributed by atoms with Crippen LogP contribution < -0.4 is 0 Å². The number of carbonyl (C=O) groups is 1. The van der Waals surface area contributed by atoms with Gasteiger partial charge in [-0.05, 0) is 25.0 Å². The number of piperidine rings is 1. The average molecular weight is 413 g/mol. The molecule has 1 amide bonds. The summed E-state index contributed by atoms with van der Waals surface area (Å²) in [5.41, 5.74) is 1.94. The van der Waals surface area contributed by atoms with E-state index in [0.717, 1.165) is 29.7 Å². The van der Waals surface area contributed by atoms with Gasteiger partial charge in [-0.1, -0.05) is 17.3 Å². The Morgan fingerprint density at radius 2 is 2.07 bits per heavy atom. The van der Waals surface area contributed by atoms with Gasteiger partial charge in [0, 0.05) is 39.5 Å². The van der Waals surface area contributed by atoms with E-state index in [9.17, 15) is 4.79 Å². The Balaban J connectivity index is 1.17. The zero-order valence-corrected chi connectivity index (χ0v) is 17.2. The molecular weight excluding hydrogens is 386 g/mol. The number of imidazole rings is 1. The summed E-state index contributed by atoms with van der Waals surface area (Å²) < 4.78 is 16.1. The van der Waals surface area contributed by atoms with Crippen molar-refractivity contribution in [1.29, 1.82) is 0 Å². The Hall–Kier alpha value is -2.78. The first-order chi connectivity index (χ1) is 14.7. The number of rotatable bonds is 9. The van der Waals surface area contributed by atoms with Crippen LogP contribution in [0.3, 0.4) is 0 Å². The maximum absolute atomic E-state index is 12.6. The normalized spacial score (nSPS) is 15.2. The van der Waals surface area contributed by atoms with Crippen LogP contribution in [0.1, 0.15) is 36.8 Å². The highest BCUT2D eigenvalue weighted by Crippen LogP contribution is 2.17. The second kappa shape index (κ2) is 9.82. The van der Waals surface area contributed by atoms with Gasteiger partial charge in [0.05, 0.1) is 23.7 Å². The van der Waals surface area contributed by atoms with Gasteiger partial charge in [-0.15, -0.1) is 0 Å². The molecule has 1 N–H and O–H groups in total. The highest BCUT2D eigenvalue weighted by Gasteiger charge is 2.24. The quantitative estimate of drug-likeness (QED) is 0.573. The molecule has 9 nitrogen and oxygen atoms in total. The highest BCUT2D eigenvalue weighted by molar-refractivity contribution is 5.77. The first kappa shape index (κ1) is 20.5. The van der Waals surface area contributed by atoms with Crippen molar-refractivity contribution < 1.29 is 18.8 Å². The van der Waals surface area contributed by atoms with Crippen LogP contribution >= 0.6 is 0 Å². The van der Waals surface area contributed by atoms with E-state index in [0.29, 0.717) is 57.3 Å². The number of benzene rings is 1. The number of hydrogen-bond acceptors (Lipinski definition) is 7. The predicted octanol–water partition coefficient (Wildman–Crippen LogP) is 2.28. The Bertz CT molecular complexity index is 928. The molecule has 2 aromatic heterocycles. The zero-order valence-electron chi connectivity index (χ0n) is 17.2. The van der Waals surface area contributed by atoms with Gasteiger partial charge in [0.25, 0.3) is 5.89 Å². The van der Waals surface area contributed by atoms with Crippen LogP contribution in [-0.4, -0.2) is 63.8 Å². The van der Waals surface area contributed by atoms with E-state index in [1.54, 1.807) is 7.11 Å². The second-order valence-corrected chi connectivity index (χ2v) is 7.44. The van der Waals surface area contributed by atoms with Crippen molar-refractivity contribution in [2.75, 3.05) is 26.8 Å². The summed E-state index contributed by atoms with van der Waals surface area (Å²) in [5, 5.41) is 3.91. The highest BCUT2D eigenvalue weighted by atomic mass is 16.5. The van der Waals surface area contributed by atoms with Crippen LogP contribution in [0.5, 0.6) is 0 Å².